The van der Waals surface area contributed by atoms with Crippen LogP contribution in [0, 0.1) is 12.8 Å². The molecule has 2 aromatic heterocycles. The van der Waals surface area contributed by atoms with Crippen molar-refractivity contribution in [3.8, 4) is 0 Å². The summed E-state index contributed by atoms with van der Waals surface area (Å²) in [6, 6.07) is 6.06. The lowest BCUT2D eigenvalue weighted by Crippen LogP contribution is -2.49. The molecule has 2 aliphatic heterocycles. The summed E-state index contributed by atoms with van der Waals surface area (Å²) in [6.45, 7) is 9.56. The van der Waals surface area contributed by atoms with Gasteiger partial charge in [0.1, 0.15) is 18.0 Å². The monoisotopic (exact) mass is 385 g/mol. The fourth-order valence-corrected chi connectivity index (χ4v) is 4.76. The van der Waals surface area contributed by atoms with Gasteiger partial charge < -0.3 is 14.7 Å². The SMILES string of the molecule is Cc1ccc(C(=O)N2CCN(c3cc(N4CCCC(C)C4)ncn3)CC2)s1. The van der Waals surface area contributed by atoms with Gasteiger partial charge >= 0.3 is 0 Å². The van der Waals surface area contributed by atoms with Crippen LogP contribution in [-0.4, -0.2) is 60.0 Å². The molecule has 2 fully saturated rings. The quantitative estimate of drug-likeness (QED) is 0.813. The van der Waals surface area contributed by atoms with Crippen molar-refractivity contribution in [1.82, 2.24) is 14.9 Å². The van der Waals surface area contributed by atoms with Crippen molar-refractivity contribution in [2.75, 3.05) is 49.1 Å². The van der Waals surface area contributed by atoms with Gasteiger partial charge in [-0.3, -0.25) is 4.79 Å². The fraction of sp³-hybridized carbons (Fsp3) is 0.550. The molecule has 1 amide bonds. The van der Waals surface area contributed by atoms with Crippen LogP contribution in [0.3, 0.4) is 0 Å². The van der Waals surface area contributed by atoms with E-state index < -0.39 is 0 Å². The van der Waals surface area contributed by atoms with Crippen LogP contribution in [0.2, 0.25) is 0 Å². The molecule has 6 nitrogen and oxygen atoms in total. The molecule has 7 heteroatoms. The van der Waals surface area contributed by atoms with Gasteiger partial charge in [-0.05, 0) is 37.8 Å². The first kappa shape index (κ1) is 18.2. The Kier molecular flexibility index (Phi) is 5.29. The molecule has 0 spiro atoms. The maximum Gasteiger partial charge on any atom is 0.264 e. The summed E-state index contributed by atoms with van der Waals surface area (Å²) in [7, 11) is 0. The van der Waals surface area contributed by atoms with Crippen LogP contribution >= 0.6 is 11.3 Å². The van der Waals surface area contributed by atoms with E-state index in [2.05, 4.69) is 32.8 Å². The molecule has 144 valence electrons. The van der Waals surface area contributed by atoms with E-state index in [1.165, 1.54) is 17.7 Å². The predicted molar refractivity (Wildman–Crippen MR) is 110 cm³/mol. The normalized spacial score (nSPS) is 20.8. The Bertz CT molecular complexity index is 799. The number of thiophene rings is 1. The predicted octanol–water partition coefficient (Wildman–Crippen LogP) is 3.05. The minimum atomic E-state index is 0.151. The lowest BCUT2D eigenvalue weighted by molar-refractivity contribution is 0.0751. The van der Waals surface area contributed by atoms with E-state index >= 15 is 0 Å². The maximum atomic E-state index is 12.6. The molecule has 0 N–H and O–H groups in total. The van der Waals surface area contributed by atoms with Gasteiger partial charge in [0, 0.05) is 50.2 Å². The summed E-state index contributed by atoms with van der Waals surface area (Å²) in [6.07, 6.45) is 4.20. The van der Waals surface area contributed by atoms with Crippen molar-refractivity contribution < 1.29 is 4.79 Å². The second kappa shape index (κ2) is 7.84. The van der Waals surface area contributed by atoms with Crippen molar-refractivity contribution in [2.24, 2.45) is 5.92 Å². The third kappa shape index (κ3) is 4.08. The minimum absolute atomic E-state index is 0.151. The van der Waals surface area contributed by atoms with Crippen LogP contribution in [-0.2, 0) is 0 Å². The number of anilines is 2. The van der Waals surface area contributed by atoms with Crippen LogP contribution in [0.5, 0.6) is 0 Å². The molecule has 2 aromatic rings. The number of piperidine rings is 1. The van der Waals surface area contributed by atoms with Crippen LogP contribution in [0.15, 0.2) is 24.5 Å². The molecule has 27 heavy (non-hydrogen) atoms. The van der Waals surface area contributed by atoms with Crippen molar-refractivity contribution in [3.05, 3.63) is 34.3 Å². The number of hydrogen-bond donors (Lipinski definition) is 0. The third-order valence-corrected chi connectivity index (χ3v) is 6.45. The summed E-state index contributed by atoms with van der Waals surface area (Å²) in [5.41, 5.74) is 0. The topological polar surface area (TPSA) is 52.6 Å². The first-order valence-electron chi connectivity index (χ1n) is 9.78. The highest BCUT2D eigenvalue weighted by atomic mass is 32.1. The summed E-state index contributed by atoms with van der Waals surface area (Å²) < 4.78 is 0. The largest absolute Gasteiger partial charge is 0.356 e. The van der Waals surface area contributed by atoms with Crippen LogP contribution in [0.4, 0.5) is 11.6 Å². The van der Waals surface area contributed by atoms with Crippen LogP contribution in [0.25, 0.3) is 0 Å². The molecular formula is C20H27N5OS. The summed E-state index contributed by atoms with van der Waals surface area (Å²) in [5, 5.41) is 0. The molecule has 0 bridgehead atoms. The van der Waals surface area contributed by atoms with E-state index in [4.69, 9.17) is 0 Å². The van der Waals surface area contributed by atoms with Gasteiger partial charge in [-0.25, -0.2) is 9.97 Å². The molecule has 0 radical (unpaired) electrons. The molecule has 2 aliphatic rings. The van der Waals surface area contributed by atoms with Gasteiger partial charge in [-0.2, -0.15) is 0 Å². The smallest absolute Gasteiger partial charge is 0.264 e. The first-order chi connectivity index (χ1) is 13.1. The molecule has 4 rings (SSSR count). The molecule has 2 saturated heterocycles. The zero-order valence-electron chi connectivity index (χ0n) is 16.1. The number of aromatic nitrogens is 2. The zero-order valence-corrected chi connectivity index (χ0v) is 16.9. The Hall–Kier alpha value is -2.15. The number of amides is 1. The third-order valence-electron chi connectivity index (χ3n) is 5.46. The maximum absolute atomic E-state index is 12.6. The standard InChI is InChI=1S/C20H27N5OS/c1-15-4-3-7-25(13-15)19-12-18(21-14-22-19)23-8-10-24(11-9-23)20(26)17-6-5-16(2)27-17/h5-6,12,14-15H,3-4,7-11,13H2,1-2H3. The highest BCUT2D eigenvalue weighted by molar-refractivity contribution is 7.13. The molecule has 0 saturated carbocycles. The summed E-state index contributed by atoms with van der Waals surface area (Å²) in [5.74, 6) is 2.86. The summed E-state index contributed by atoms with van der Waals surface area (Å²) in [4.78, 5) is 30.2. The highest BCUT2D eigenvalue weighted by Crippen LogP contribution is 2.24. The lowest BCUT2D eigenvalue weighted by Gasteiger charge is -2.36. The minimum Gasteiger partial charge on any atom is -0.356 e. The van der Waals surface area contributed by atoms with E-state index in [0.29, 0.717) is 5.92 Å². The van der Waals surface area contributed by atoms with Gasteiger partial charge in [0.05, 0.1) is 4.88 Å². The molecule has 4 heterocycles. The fourth-order valence-electron chi connectivity index (χ4n) is 3.92. The van der Waals surface area contributed by atoms with Crippen molar-refractivity contribution in [1.29, 1.82) is 0 Å². The van der Waals surface area contributed by atoms with E-state index in [9.17, 15) is 4.79 Å². The molecule has 0 aliphatic carbocycles. The number of piperazine rings is 1. The van der Waals surface area contributed by atoms with E-state index in [-0.39, 0.29) is 5.91 Å². The number of aryl methyl sites for hydroxylation is 1. The van der Waals surface area contributed by atoms with E-state index in [1.54, 1.807) is 17.7 Å². The summed E-state index contributed by atoms with van der Waals surface area (Å²) >= 11 is 1.57. The second-order valence-electron chi connectivity index (χ2n) is 7.62. The van der Waals surface area contributed by atoms with Gasteiger partial charge in [0.15, 0.2) is 0 Å². The number of hydrogen-bond acceptors (Lipinski definition) is 6. The average molecular weight is 386 g/mol. The Balaban J connectivity index is 1.39. The molecule has 0 aromatic carbocycles. The van der Waals surface area contributed by atoms with Crippen molar-refractivity contribution >= 4 is 28.9 Å². The second-order valence-corrected chi connectivity index (χ2v) is 8.91. The molecule has 1 atom stereocenters. The zero-order chi connectivity index (χ0) is 18.8. The van der Waals surface area contributed by atoms with E-state index in [1.807, 2.05) is 24.0 Å². The Labute approximate surface area is 164 Å². The van der Waals surface area contributed by atoms with Crippen molar-refractivity contribution in [2.45, 2.75) is 26.7 Å². The Morgan fingerprint density at radius 3 is 2.48 bits per heavy atom. The number of carbonyl (C=O) groups is 1. The lowest BCUT2D eigenvalue weighted by atomic mass is 10.0. The average Bonchev–Trinajstić information content (AvgIpc) is 3.14. The van der Waals surface area contributed by atoms with Gasteiger partial charge in [-0.1, -0.05) is 6.92 Å². The van der Waals surface area contributed by atoms with Crippen LogP contribution < -0.4 is 9.80 Å². The van der Waals surface area contributed by atoms with Gasteiger partial charge in [0.25, 0.3) is 5.91 Å². The number of carbonyl (C=O) groups excluding carboxylic acids is 1. The van der Waals surface area contributed by atoms with Crippen LogP contribution in [0.1, 0.15) is 34.3 Å². The molecular weight excluding hydrogens is 358 g/mol. The Morgan fingerprint density at radius 1 is 1.07 bits per heavy atom. The highest BCUT2D eigenvalue weighted by Gasteiger charge is 2.25. The molecule has 1 unspecified atom stereocenters. The van der Waals surface area contributed by atoms with Crippen molar-refractivity contribution in [3.63, 3.8) is 0 Å². The number of rotatable bonds is 3. The Morgan fingerprint density at radius 2 is 1.81 bits per heavy atom. The first-order valence-corrected chi connectivity index (χ1v) is 10.6. The van der Waals surface area contributed by atoms with E-state index in [0.717, 1.165) is 55.8 Å². The van der Waals surface area contributed by atoms with Gasteiger partial charge in [-0.15, -0.1) is 11.3 Å². The number of nitrogens with zero attached hydrogens (tertiary/aromatic N) is 5. The van der Waals surface area contributed by atoms with Gasteiger partial charge in [0.2, 0.25) is 0 Å².